The van der Waals surface area contributed by atoms with E-state index in [1.54, 1.807) is 12.1 Å². The van der Waals surface area contributed by atoms with Crippen LogP contribution in [-0.2, 0) is 16.0 Å². The first-order valence-corrected chi connectivity index (χ1v) is 10.7. The number of nitrogens with two attached hydrogens (primary N) is 1. The van der Waals surface area contributed by atoms with Gasteiger partial charge in [-0.05, 0) is 17.5 Å². The Morgan fingerprint density at radius 1 is 1.42 bits per heavy atom. The van der Waals surface area contributed by atoms with E-state index in [0.717, 1.165) is 11.8 Å². The third kappa shape index (κ3) is 4.79. The van der Waals surface area contributed by atoms with E-state index in [0.29, 0.717) is 53.7 Å². The van der Waals surface area contributed by atoms with Crippen molar-refractivity contribution in [3.63, 3.8) is 0 Å². The fourth-order valence-electron chi connectivity index (χ4n) is 3.48. The van der Waals surface area contributed by atoms with Crippen molar-refractivity contribution < 1.29 is 9.59 Å². The molecule has 2 heterocycles. The zero-order valence-corrected chi connectivity index (χ0v) is 17.9. The molecule has 31 heavy (non-hydrogen) atoms. The number of anilines is 1. The number of rotatable bonds is 6. The van der Waals surface area contributed by atoms with Crippen molar-refractivity contribution >= 4 is 35.1 Å². The van der Waals surface area contributed by atoms with E-state index in [9.17, 15) is 14.9 Å². The number of nitrogens with zero attached hydrogens (tertiary/aromatic N) is 4. The van der Waals surface area contributed by atoms with Crippen LogP contribution in [0.3, 0.4) is 0 Å². The summed E-state index contributed by atoms with van der Waals surface area (Å²) in [4.78, 5) is 34.2. The van der Waals surface area contributed by atoms with Gasteiger partial charge in [0.2, 0.25) is 17.5 Å². The second kappa shape index (κ2) is 9.96. The van der Waals surface area contributed by atoms with Crippen LogP contribution >= 0.6 is 11.8 Å². The van der Waals surface area contributed by atoms with E-state index in [1.165, 1.54) is 0 Å². The lowest BCUT2D eigenvalue weighted by atomic mass is 10.1. The summed E-state index contributed by atoms with van der Waals surface area (Å²) in [5.41, 5.74) is 7.57. The van der Waals surface area contributed by atoms with E-state index < -0.39 is 11.2 Å². The number of thioether (sulfide) groups is 1. The molecule has 1 aromatic carbocycles. The lowest BCUT2D eigenvalue weighted by Gasteiger charge is -2.25. The first-order chi connectivity index (χ1) is 15.0. The number of nitrogens with one attached hydrogen (secondary N) is 1. The molecule has 0 aliphatic carbocycles. The van der Waals surface area contributed by atoms with Crippen LogP contribution in [0.5, 0.6) is 0 Å². The minimum atomic E-state index is -0.732. The van der Waals surface area contributed by atoms with Crippen molar-refractivity contribution in [2.24, 2.45) is 5.73 Å². The van der Waals surface area contributed by atoms with E-state index in [4.69, 9.17) is 12.3 Å². The number of carbonyl (C=O) groups is 2. The number of carbonyl (C=O) groups excluding carboxylic acids is 2. The summed E-state index contributed by atoms with van der Waals surface area (Å²) in [7, 11) is 0. The first-order valence-electron chi connectivity index (χ1n) is 9.87. The summed E-state index contributed by atoms with van der Waals surface area (Å²) >= 11 is 1.11. The summed E-state index contributed by atoms with van der Waals surface area (Å²) in [5, 5.41) is 12.3. The van der Waals surface area contributed by atoms with Gasteiger partial charge in [-0.2, -0.15) is 5.26 Å². The van der Waals surface area contributed by atoms with Gasteiger partial charge in [-0.25, -0.2) is 9.83 Å². The molecule has 0 spiro atoms. The molecule has 1 saturated heterocycles. The third-order valence-electron chi connectivity index (χ3n) is 5.00. The monoisotopic (exact) mass is 434 g/mol. The normalized spacial score (nSPS) is 14.7. The van der Waals surface area contributed by atoms with Crippen LogP contribution in [0.4, 0.5) is 11.5 Å². The number of aromatic nitrogens is 1. The Balaban J connectivity index is 2.13. The Hall–Kier alpha value is -3.56. The third-order valence-corrected chi connectivity index (χ3v) is 6.26. The van der Waals surface area contributed by atoms with Crippen molar-refractivity contribution in [2.45, 2.75) is 30.0 Å². The highest BCUT2D eigenvalue weighted by Crippen LogP contribution is 2.42. The molecule has 0 saturated carbocycles. The number of primary amides is 1. The van der Waals surface area contributed by atoms with Gasteiger partial charge in [0.1, 0.15) is 22.2 Å². The summed E-state index contributed by atoms with van der Waals surface area (Å²) in [6, 6.07) is 11.3. The average Bonchev–Trinajstić information content (AvgIpc) is 3.00. The molecule has 1 aliphatic rings. The average molecular weight is 435 g/mol. The maximum atomic E-state index is 12.2. The molecule has 1 atom stereocenters. The van der Waals surface area contributed by atoms with Crippen LogP contribution in [0.15, 0.2) is 35.4 Å². The molecule has 1 aliphatic heterocycles. The van der Waals surface area contributed by atoms with Gasteiger partial charge in [-0.1, -0.05) is 49.0 Å². The second-order valence-corrected chi connectivity index (χ2v) is 8.01. The van der Waals surface area contributed by atoms with Crippen molar-refractivity contribution in [1.29, 1.82) is 5.26 Å². The molecule has 3 rings (SSSR count). The van der Waals surface area contributed by atoms with Crippen molar-refractivity contribution in [2.75, 3.05) is 24.5 Å². The predicted octanol–water partition coefficient (Wildman–Crippen LogP) is 2.71. The van der Waals surface area contributed by atoms with Gasteiger partial charge in [-0.3, -0.25) is 9.59 Å². The van der Waals surface area contributed by atoms with Gasteiger partial charge in [0.05, 0.1) is 12.1 Å². The molecule has 1 aromatic heterocycles. The Morgan fingerprint density at radius 2 is 2.16 bits per heavy atom. The molecule has 2 aromatic rings. The Kier molecular flexibility index (Phi) is 7.11. The largest absolute Gasteiger partial charge is 0.368 e. The second-order valence-electron chi connectivity index (χ2n) is 6.92. The maximum Gasteiger partial charge on any atom is 0.235 e. The minimum Gasteiger partial charge on any atom is -0.368 e. The molecule has 0 radical (unpaired) electrons. The van der Waals surface area contributed by atoms with Crippen LogP contribution in [0, 0.1) is 17.9 Å². The van der Waals surface area contributed by atoms with Crippen LogP contribution < -0.4 is 16.0 Å². The van der Waals surface area contributed by atoms with Crippen LogP contribution in [0.2, 0.25) is 0 Å². The number of amides is 2. The smallest absolute Gasteiger partial charge is 0.235 e. The molecule has 2 amide bonds. The minimum absolute atomic E-state index is 0.0521. The number of pyridine rings is 1. The van der Waals surface area contributed by atoms with Gasteiger partial charge >= 0.3 is 0 Å². The highest BCUT2D eigenvalue weighted by Gasteiger charge is 2.28. The fraction of sp³-hybridized carbons (Fsp3) is 0.318. The summed E-state index contributed by atoms with van der Waals surface area (Å²) in [6.07, 6.45) is 0.748. The molecule has 1 unspecified atom stereocenters. The Morgan fingerprint density at radius 3 is 2.77 bits per heavy atom. The number of hydrogen-bond acceptors (Lipinski definition) is 6. The van der Waals surface area contributed by atoms with E-state index in [1.807, 2.05) is 30.0 Å². The van der Waals surface area contributed by atoms with Gasteiger partial charge < -0.3 is 16.0 Å². The standard InChI is InChI=1S/C22H22N6O2S/c1-3-15-16(13-23)22(31-19(20(24)30)14-7-5-4-6-8-14)27-21(18(15)25-2)28-11-9-17(29)26-10-12-28/h4-8,19H,3,9-12H2,1H3,(H2,24,30)(H,26,29). The summed E-state index contributed by atoms with van der Waals surface area (Å²) in [5.74, 6) is -0.162. The molecular formula is C22H22N6O2S. The van der Waals surface area contributed by atoms with Gasteiger partial charge in [-0.15, -0.1) is 0 Å². The number of nitriles is 1. The van der Waals surface area contributed by atoms with E-state index >= 15 is 0 Å². The SMILES string of the molecule is [C-]#[N+]c1c(N2CCNC(=O)CC2)nc(SC(C(N)=O)c2ccccc2)c(C#N)c1CC. The maximum absolute atomic E-state index is 12.2. The van der Waals surface area contributed by atoms with Crippen LogP contribution in [-0.4, -0.2) is 36.4 Å². The molecular weight excluding hydrogens is 412 g/mol. The van der Waals surface area contributed by atoms with Crippen LogP contribution in [0.1, 0.15) is 35.3 Å². The quantitative estimate of drug-likeness (QED) is 0.533. The lowest BCUT2D eigenvalue weighted by Crippen LogP contribution is -2.29. The van der Waals surface area contributed by atoms with Crippen molar-refractivity contribution in [3.05, 3.63) is 58.4 Å². The lowest BCUT2D eigenvalue weighted by molar-refractivity contribution is -0.120. The highest BCUT2D eigenvalue weighted by molar-refractivity contribution is 8.00. The molecule has 0 bridgehead atoms. The van der Waals surface area contributed by atoms with Crippen molar-refractivity contribution in [3.8, 4) is 6.07 Å². The van der Waals surface area contributed by atoms with Gasteiger partial charge in [0.15, 0.2) is 0 Å². The van der Waals surface area contributed by atoms with Crippen LogP contribution in [0.25, 0.3) is 4.85 Å². The van der Waals surface area contributed by atoms with E-state index in [2.05, 4.69) is 21.2 Å². The topological polar surface area (TPSA) is 116 Å². The molecule has 9 heteroatoms. The van der Waals surface area contributed by atoms with Gasteiger partial charge in [0.25, 0.3) is 0 Å². The Bertz CT molecular complexity index is 1070. The zero-order chi connectivity index (χ0) is 22.4. The van der Waals surface area contributed by atoms with E-state index in [-0.39, 0.29) is 17.9 Å². The molecule has 1 fully saturated rings. The first kappa shape index (κ1) is 22.1. The molecule has 8 nitrogen and oxygen atoms in total. The highest BCUT2D eigenvalue weighted by atomic mass is 32.2. The van der Waals surface area contributed by atoms with Gasteiger partial charge in [0, 0.05) is 26.1 Å². The fourth-order valence-corrected chi connectivity index (χ4v) is 4.54. The number of benzene rings is 1. The number of hydrogen-bond donors (Lipinski definition) is 2. The predicted molar refractivity (Wildman–Crippen MR) is 119 cm³/mol. The molecule has 158 valence electrons. The summed E-state index contributed by atoms with van der Waals surface area (Å²) < 4.78 is 0. The zero-order valence-electron chi connectivity index (χ0n) is 17.1. The van der Waals surface area contributed by atoms with Crippen molar-refractivity contribution in [1.82, 2.24) is 10.3 Å². The summed E-state index contributed by atoms with van der Waals surface area (Å²) in [6.45, 7) is 10.9. The Labute approximate surface area is 185 Å². The molecule has 3 N–H and O–H groups in total.